The highest BCUT2D eigenvalue weighted by Crippen LogP contribution is 2.29. The van der Waals surface area contributed by atoms with Crippen molar-refractivity contribution in [2.24, 2.45) is 5.92 Å². The lowest BCUT2D eigenvalue weighted by molar-refractivity contribution is -0.133. The molecule has 0 bridgehead atoms. The highest BCUT2D eigenvalue weighted by atomic mass is 16.2. The Kier molecular flexibility index (Phi) is 6.34. The van der Waals surface area contributed by atoms with Gasteiger partial charge in [0.1, 0.15) is 0 Å². The number of rotatable bonds is 6. The van der Waals surface area contributed by atoms with Crippen molar-refractivity contribution >= 4 is 5.91 Å². The third-order valence-electron chi connectivity index (χ3n) is 3.27. The third-order valence-corrected chi connectivity index (χ3v) is 3.27. The summed E-state index contributed by atoms with van der Waals surface area (Å²) < 4.78 is 0. The molecule has 0 spiro atoms. The van der Waals surface area contributed by atoms with Gasteiger partial charge in [0.15, 0.2) is 0 Å². The molecule has 0 aromatic heterocycles. The van der Waals surface area contributed by atoms with E-state index in [1.165, 1.54) is 5.56 Å². The molecule has 0 heterocycles. The van der Waals surface area contributed by atoms with Crippen molar-refractivity contribution in [3.05, 3.63) is 48.0 Å². The Labute approximate surface area is 117 Å². The monoisotopic (exact) mass is 259 g/mol. The van der Waals surface area contributed by atoms with E-state index in [1.807, 2.05) is 49.1 Å². The SMILES string of the molecule is C/C=C/CN(C(=O)CC)C(c1ccccc1)C(C)C. The van der Waals surface area contributed by atoms with Gasteiger partial charge in [0.2, 0.25) is 5.91 Å². The molecule has 0 fully saturated rings. The fraction of sp³-hybridized carbons (Fsp3) is 0.471. The molecule has 104 valence electrons. The van der Waals surface area contributed by atoms with E-state index in [2.05, 4.69) is 26.0 Å². The van der Waals surface area contributed by atoms with E-state index in [1.54, 1.807) is 0 Å². The van der Waals surface area contributed by atoms with Crippen LogP contribution in [0.3, 0.4) is 0 Å². The fourth-order valence-corrected chi connectivity index (χ4v) is 2.37. The summed E-state index contributed by atoms with van der Waals surface area (Å²) in [5.74, 6) is 0.601. The van der Waals surface area contributed by atoms with Gasteiger partial charge in [-0.05, 0) is 18.4 Å². The molecule has 1 rings (SSSR count). The quantitative estimate of drug-likeness (QED) is 0.701. The molecule has 0 radical (unpaired) electrons. The van der Waals surface area contributed by atoms with Crippen LogP contribution in [0.4, 0.5) is 0 Å². The first-order valence-corrected chi connectivity index (χ1v) is 7.07. The second-order valence-electron chi connectivity index (χ2n) is 5.07. The van der Waals surface area contributed by atoms with E-state index >= 15 is 0 Å². The van der Waals surface area contributed by atoms with Gasteiger partial charge in [0.25, 0.3) is 0 Å². The summed E-state index contributed by atoms with van der Waals surface area (Å²) in [6.07, 6.45) is 4.60. The van der Waals surface area contributed by atoms with Gasteiger partial charge in [0, 0.05) is 13.0 Å². The van der Waals surface area contributed by atoms with Crippen LogP contribution in [0.2, 0.25) is 0 Å². The molecule has 1 amide bonds. The molecular weight excluding hydrogens is 234 g/mol. The van der Waals surface area contributed by atoms with Crippen LogP contribution < -0.4 is 0 Å². The summed E-state index contributed by atoms with van der Waals surface area (Å²) in [6.45, 7) is 8.93. The van der Waals surface area contributed by atoms with Gasteiger partial charge in [-0.2, -0.15) is 0 Å². The Hall–Kier alpha value is -1.57. The Bertz CT molecular complexity index is 409. The number of allylic oxidation sites excluding steroid dienone is 1. The number of hydrogen-bond donors (Lipinski definition) is 0. The summed E-state index contributed by atoms with van der Waals surface area (Å²) in [6, 6.07) is 10.4. The smallest absolute Gasteiger partial charge is 0.223 e. The van der Waals surface area contributed by atoms with Crippen LogP contribution in [0.15, 0.2) is 42.5 Å². The first kappa shape index (κ1) is 15.5. The lowest BCUT2D eigenvalue weighted by Crippen LogP contribution is -2.37. The van der Waals surface area contributed by atoms with Crippen LogP contribution in [0.1, 0.15) is 45.7 Å². The molecule has 1 aromatic carbocycles. The van der Waals surface area contributed by atoms with Crippen molar-refractivity contribution in [1.29, 1.82) is 0 Å². The van der Waals surface area contributed by atoms with E-state index in [9.17, 15) is 4.79 Å². The molecule has 2 nitrogen and oxygen atoms in total. The van der Waals surface area contributed by atoms with Crippen molar-refractivity contribution in [2.75, 3.05) is 6.54 Å². The zero-order chi connectivity index (χ0) is 14.3. The van der Waals surface area contributed by atoms with Gasteiger partial charge in [0.05, 0.1) is 6.04 Å². The van der Waals surface area contributed by atoms with Crippen molar-refractivity contribution < 1.29 is 4.79 Å². The number of carbonyl (C=O) groups excluding carboxylic acids is 1. The molecule has 0 aliphatic heterocycles. The lowest BCUT2D eigenvalue weighted by atomic mass is 9.94. The van der Waals surface area contributed by atoms with Gasteiger partial charge in [-0.1, -0.05) is 63.3 Å². The second-order valence-corrected chi connectivity index (χ2v) is 5.07. The lowest BCUT2D eigenvalue weighted by Gasteiger charge is -2.34. The predicted octanol–water partition coefficient (Wildman–Crippen LogP) is 4.20. The van der Waals surface area contributed by atoms with E-state index in [0.717, 1.165) is 0 Å². The topological polar surface area (TPSA) is 20.3 Å². The number of nitrogens with zero attached hydrogens (tertiary/aromatic N) is 1. The van der Waals surface area contributed by atoms with Crippen molar-refractivity contribution in [3.63, 3.8) is 0 Å². The van der Waals surface area contributed by atoms with Crippen LogP contribution in [0, 0.1) is 5.92 Å². The highest BCUT2D eigenvalue weighted by Gasteiger charge is 2.25. The van der Waals surface area contributed by atoms with E-state index in [0.29, 0.717) is 18.9 Å². The third kappa shape index (κ3) is 4.23. The summed E-state index contributed by atoms with van der Waals surface area (Å²) in [4.78, 5) is 14.2. The maximum Gasteiger partial charge on any atom is 0.223 e. The molecule has 0 saturated heterocycles. The molecule has 1 unspecified atom stereocenters. The van der Waals surface area contributed by atoms with E-state index < -0.39 is 0 Å². The Morgan fingerprint density at radius 3 is 2.37 bits per heavy atom. The summed E-state index contributed by atoms with van der Waals surface area (Å²) in [5.41, 5.74) is 1.21. The zero-order valence-corrected chi connectivity index (χ0v) is 12.5. The van der Waals surface area contributed by atoms with Gasteiger partial charge < -0.3 is 4.90 Å². The van der Waals surface area contributed by atoms with Crippen molar-refractivity contribution in [1.82, 2.24) is 4.90 Å². The molecule has 0 aliphatic rings. The number of benzene rings is 1. The standard InChI is InChI=1S/C17H25NO/c1-5-7-13-18(16(19)6-2)17(14(3)4)15-11-9-8-10-12-15/h5,7-12,14,17H,6,13H2,1-4H3/b7-5+. The maximum absolute atomic E-state index is 12.2. The molecule has 2 heteroatoms. The first-order valence-electron chi connectivity index (χ1n) is 7.07. The molecule has 19 heavy (non-hydrogen) atoms. The van der Waals surface area contributed by atoms with Crippen LogP contribution >= 0.6 is 0 Å². The number of hydrogen-bond acceptors (Lipinski definition) is 1. The van der Waals surface area contributed by atoms with Crippen molar-refractivity contribution in [2.45, 2.75) is 40.2 Å². The Morgan fingerprint density at radius 2 is 1.89 bits per heavy atom. The first-order chi connectivity index (χ1) is 9.11. The van der Waals surface area contributed by atoms with Crippen molar-refractivity contribution in [3.8, 4) is 0 Å². The summed E-state index contributed by atoms with van der Waals surface area (Å²) in [7, 11) is 0. The minimum absolute atomic E-state index is 0.143. The molecule has 1 aromatic rings. The van der Waals surface area contributed by atoms with E-state index in [4.69, 9.17) is 0 Å². The van der Waals surface area contributed by atoms with Gasteiger partial charge in [-0.15, -0.1) is 0 Å². The highest BCUT2D eigenvalue weighted by molar-refractivity contribution is 5.76. The number of carbonyl (C=O) groups is 1. The summed E-state index contributed by atoms with van der Waals surface area (Å²) in [5, 5.41) is 0. The average molecular weight is 259 g/mol. The fourth-order valence-electron chi connectivity index (χ4n) is 2.37. The number of amides is 1. The normalized spacial score (nSPS) is 12.9. The zero-order valence-electron chi connectivity index (χ0n) is 12.5. The Morgan fingerprint density at radius 1 is 1.26 bits per heavy atom. The van der Waals surface area contributed by atoms with Crippen LogP contribution in [0.25, 0.3) is 0 Å². The predicted molar refractivity (Wildman–Crippen MR) is 80.8 cm³/mol. The van der Waals surface area contributed by atoms with Gasteiger partial charge >= 0.3 is 0 Å². The van der Waals surface area contributed by atoms with Crippen LogP contribution in [-0.4, -0.2) is 17.4 Å². The minimum Gasteiger partial charge on any atom is -0.332 e. The van der Waals surface area contributed by atoms with Gasteiger partial charge in [-0.3, -0.25) is 4.79 Å². The largest absolute Gasteiger partial charge is 0.332 e. The molecule has 1 atom stereocenters. The maximum atomic E-state index is 12.2. The Balaban J connectivity index is 3.08. The summed E-state index contributed by atoms with van der Waals surface area (Å²) >= 11 is 0. The van der Waals surface area contributed by atoms with Crippen LogP contribution in [-0.2, 0) is 4.79 Å². The van der Waals surface area contributed by atoms with Crippen LogP contribution in [0.5, 0.6) is 0 Å². The molecule has 0 N–H and O–H groups in total. The molecular formula is C17H25NO. The van der Waals surface area contributed by atoms with E-state index in [-0.39, 0.29) is 11.9 Å². The second kappa shape index (κ2) is 7.78. The average Bonchev–Trinajstić information content (AvgIpc) is 2.43. The van der Waals surface area contributed by atoms with Gasteiger partial charge in [-0.25, -0.2) is 0 Å². The molecule has 0 aliphatic carbocycles. The molecule has 0 saturated carbocycles. The minimum atomic E-state index is 0.143.